The highest BCUT2D eigenvalue weighted by molar-refractivity contribution is 6.31. The zero-order chi connectivity index (χ0) is 10.3. The molecule has 1 N–H and O–H groups in total. The van der Waals surface area contributed by atoms with Crippen LogP contribution >= 0.6 is 11.6 Å². The van der Waals surface area contributed by atoms with Crippen LogP contribution in [0.5, 0.6) is 5.75 Å². The largest absolute Gasteiger partial charge is 0.507 e. The zero-order valence-electron chi connectivity index (χ0n) is 7.88. The van der Waals surface area contributed by atoms with Gasteiger partial charge in [-0.05, 0) is 37.5 Å². The molecule has 0 heterocycles. The summed E-state index contributed by atoms with van der Waals surface area (Å²) in [5.74, 6) is 0.174. The van der Waals surface area contributed by atoms with E-state index in [1.54, 1.807) is 13.0 Å². The van der Waals surface area contributed by atoms with Gasteiger partial charge in [0.25, 0.3) is 0 Å². The van der Waals surface area contributed by atoms with Gasteiger partial charge in [-0.2, -0.15) is 0 Å². The molecular formula is C11H11ClO2. The van der Waals surface area contributed by atoms with Crippen molar-refractivity contribution in [2.45, 2.75) is 19.8 Å². The van der Waals surface area contributed by atoms with Crippen LogP contribution in [0, 0.1) is 12.8 Å². The summed E-state index contributed by atoms with van der Waals surface area (Å²) in [6.45, 7) is 1.80. The molecule has 1 aromatic rings. The highest BCUT2D eigenvalue weighted by Crippen LogP contribution is 2.36. The van der Waals surface area contributed by atoms with Gasteiger partial charge in [-0.25, -0.2) is 0 Å². The van der Waals surface area contributed by atoms with Crippen molar-refractivity contribution in [2.24, 2.45) is 5.92 Å². The number of benzene rings is 1. The van der Waals surface area contributed by atoms with Crippen molar-refractivity contribution in [3.63, 3.8) is 0 Å². The van der Waals surface area contributed by atoms with Crippen molar-refractivity contribution < 1.29 is 9.90 Å². The molecule has 0 unspecified atom stereocenters. The molecule has 3 heteroatoms. The molecule has 1 fully saturated rings. The van der Waals surface area contributed by atoms with E-state index in [1.165, 1.54) is 6.07 Å². The number of Topliss-reactive ketones (excluding diaryl/α,β-unsaturated/α-hetero) is 1. The number of phenolic OH excluding ortho intramolecular Hbond substituents is 1. The Hall–Kier alpha value is -1.02. The van der Waals surface area contributed by atoms with Crippen molar-refractivity contribution >= 4 is 17.4 Å². The Labute approximate surface area is 87.5 Å². The first kappa shape index (κ1) is 9.53. The molecular weight excluding hydrogens is 200 g/mol. The molecule has 1 aliphatic rings. The van der Waals surface area contributed by atoms with Crippen LogP contribution in [0.1, 0.15) is 28.8 Å². The second-order valence-electron chi connectivity index (χ2n) is 3.76. The fraction of sp³-hybridized carbons (Fsp3) is 0.364. The second-order valence-corrected chi connectivity index (χ2v) is 4.16. The maximum Gasteiger partial charge on any atom is 0.169 e. The lowest BCUT2D eigenvalue weighted by Crippen LogP contribution is -2.01. The van der Waals surface area contributed by atoms with E-state index < -0.39 is 0 Å². The molecule has 0 bridgehead atoms. The average Bonchev–Trinajstić information content (AvgIpc) is 2.93. The van der Waals surface area contributed by atoms with E-state index in [-0.39, 0.29) is 17.5 Å². The minimum atomic E-state index is 0.0180. The Balaban J connectivity index is 2.41. The summed E-state index contributed by atoms with van der Waals surface area (Å²) in [6.07, 6.45) is 1.87. The molecule has 1 saturated carbocycles. The molecule has 0 atom stereocenters. The van der Waals surface area contributed by atoms with Crippen LogP contribution in [0.25, 0.3) is 0 Å². The van der Waals surface area contributed by atoms with Crippen LogP contribution in [0.2, 0.25) is 5.02 Å². The molecule has 0 aromatic heterocycles. The van der Waals surface area contributed by atoms with Gasteiger partial charge >= 0.3 is 0 Å². The first-order chi connectivity index (χ1) is 6.59. The Bertz CT molecular complexity index is 395. The van der Waals surface area contributed by atoms with E-state index >= 15 is 0 Å². The number of aryl methyl sites for hydroxylation is 1. The maximum atomic E-state index is 11.7. The number of hydrogen-bond donors (Lipinski definition) is 1. The smallest absolute Gasteiger partial charge is 0.169 e. The Morgan fingerprint density at radius 1 is 1.50 bits per heavy atom. The fourth-order valence-corrected chi connectivity index (χ4v) is 1.59. The molecule has 0 spiro atoms. The molecule has 1 aromatic carbocycles. The summed E-state index contributed by atoms with van der Waals surface area (Å²) >= 11 is 5.89. The Morgan fingerprint density at radius 3 is 2.71 bits per heavy atom. The van der Waals surface area contributed by atoms with Gasteiger partial charge in [-0.15, -0.1) is 0 Å². The predicted octanol–water partition coefficient (Wildman–Crippen LogP) is 2.95. The lowest BCUT2D eigenvalue weighted by molar-refractivity contribution is 0.0965. The number of ketones is 1. The molecule has 1 aliphatic carbocycles. The van der Waals surface area contributed by atoms with Gasteiger partial charge in [-0.3, -0.25) is 4.79 Å². The second kappa shape index (κ2) is 3.28. The fourth-order valence-electron chi connectivity index (χ4n) is 1.43. The number of carbonyl (C=O) groups is 1. The van der Waals surface area contributed by atoms with E-state index in [0.717, 1.165) is 18.4 Å². The highest BCUT2D eigenvalue weighted by Gasteiger charge is 2.32. The van der Waals surface area contributed by atoms with Crippen molar-refractivity contribution in [1.82, 2.24) is 0 Å². The van der Waals surface area contributed by atoms with Gasteiger partial charge < -0.3 is 5.11 Å². The number of rotatable bonds is 2. The van der Waals surface area contributed by atoms with E-state index in [4.69, 9.17) is 11.6 Å². The van der Waals surface area contributed by atoms with Crippen LogP contribution < -0.4 is 0 Å². The standard InChI is InChI=1S/C11H11ClO2/c1-6-4-10(13)8(5-9(6)12)11(14)7-2-3-7/h4-5,7,13H,2-3H2,1H3. The van der Waals surface area contributed by atoms with Gasteiger partial charge in [0.05, 0.1) is 5.56 Å². The predicted molar refractivity (Wildman–Crippen MR) is 54.9 cm³/mol. The van der Waals surface area contributed by atoms with Crippen LogP contribution in [-0.2, 0) is 0 Å². The molecule has 74 valence electrons. The van der Waals surface area contributed by atoms with Gasteiger partial charge in [0.1, 0.15) is 5.75 Å². The average molecular weight is 211 g/mol. The van der Waals surface area contributed by atoms with Crippen LogP contribution in [0.15, 0.2) is 12.1 Å². The van der Waals surface area contributed by atoms with Gasteiger partial charge in [-0.1, -0.05) is 11.6 Å². The normalized spacial score (nSPS) is 15.6. The monoisotopic (exact) mass is 210 g/mol. The van der Waals surface area contributed by atoms with Crippen molar-refractivity contribution in [3.05, 3.63) is 28.3 Å². The minimum Gasteiger partial charge on any atom is -0.507 e. The summed E-state index contributed by atoms with van der Waals surface area (Å²) in [5.41, 5.74) is 1.15. The molecule has 14 heavy (non-hydrogen) atoms. The lowest BCUT2D eigenvalue weighted by atomic mass is 10.0. The topological polar surface area (TPSA) is 37.3 Å². The Morgan fingerprint density at radius 2 is 2.14 bits per heavy atom. The minimum absolute atomic E-state index is 0.0180. The van der Waals surface area contributed by atoms with Gasteiger partial charge in [0.15, 0.2) is 5.78 Å². The summed E-state index contributed by atoms with van der Waals surface area (Å²) < 4.78 is 0. The molecule has 2 rings (SSSR count). The zero-order valence-corrected chi connectivity index (χ0v) is 8.64. The molecule has 2 nitrogen and oxygen atoms in total. The summed E-state index contributed by atoms with van der Waals surface area (Å²) in [5, 5.41) is 10.1. The number of carbonyl (C=O) groups excluding carboxylic acids is 1. The lowest BCUT2D eigenvalue weighted by Gasteiger charge is -2.05. The van der Waals surface area contributed by atoms with Crippen molar-refractivity contribution in [2.75, 3.05) is 0 Å². The third-order valence-electron chi connectivity index (χ3n) is 2.49. The van der Waals surface area contributed by atoms with E-state index in [9.17, 15) is 9.90 Å². The van der Waals surface area contributed by atoms with Crippen LogP contribution in [0.3, 0.4) is 0 Å². The first-order valence-electron chi connectivity index (χ1n) is 4.63. The number of phenols is 1. The van der Waals surface area contributed by atoms with Gasteiger partial charge in [0.2, 0.25) is 0 Å². The number of hydrogen-bond acceptors (Lipinski definition) is 2. The maximum absolute atomic E-state index is 11.7. The third kappa shape index (κ3) is 1.62. The quantitative estimate of drug-likeness (QED) is 0.763. The van der Waals surface area contributed by atoms with Gasteiger partial charge in [0, 0.05) is 10.9 Å². The SMILES string of the molecule is Cc1cc(O)c(C(=O)C2CC2)cc1Cl. The number of halogens is 1. The van der Waals surface area contributed by atoms with E-state index in [0.29, 0.717) is 10.6 Å². The molecule has 0 amide bonds. The summed E-state index contributed by atoms with van der Waals surface area (Å²) in [7, 11) is 0. The van der Waals surface area contributed by atoms with Crippen molar-refractivity contribution in [1.29, 1.82) is 0 Å². The number of aromatic hydroxyl groups is 1. The molecule has 0 radical (unpaired) electrons. The van der Waals surface area contributed by atoms with Crippen LogP contribution in [-0.4, -0.2) is 10.9 Å². The molecule has 0 aliphatic heterocycles. The van der Waals surface area contributed by atoms with E-state index in [1.807, 2.05) is 0 Å². The van der Waals surface area contributed by atoms with E-state index in [2.05, 4.69) is 0 Å². The summed E-state index contributed by atoms with van der Waals surface area (Å²) in [6, 6.07) is 3.10. The summed E-state index contributed by atoms with van der Waals surface area (Å²) in [4.78, 5) is 11.7. The van der Waals surface area contributed by atoms with Crippen molar-refractivity contribution in [3.8, 4) is 5.75 Å². The Kier molecular flexibility index (Phi) is 2.23. The van der Waals surface area contributed by atoms with Crippen LogP contribution in [0.4, 0.5) is 0 Å². The highest BCUT2D eigenvalue weighted by atomic mass is 35.5. The first-order valence-corrected chi connectivity index (χ1v) is 5.00. The third-order valence-corrected chi connectivity index (χ3v) is 2.90. The molecule has 0 saturated heterocycles.